The minimum Gasteiger partial charge on any atom is -0.353 e. The van der Waals surface area contributed by atoms with Gasteiger partial charge < -0.3 is 15.1 Å². The van der Waals surface area contributed by atoms with E-state index in [1.807, 2.05) is 60.4 Å². The maximum Gasteiger partial charge on any atom is 0.228 e. The van der Waals surface area contributed by atoms with E-state index in [0.717, 1.165) is 47.0 Å². The topological polar surface area (TPSA) is 78.4 Å². The quantitative estimate of drug-likeness (QED) is 0.673. The zero-order valence-corrected chi connectivity index (χ0v) is 18.4. The Kier molecular flexibility index (Phi) is 6.44. The van der Waals surface area contributed by atoms with Crippen LogP contribution in [0.1, 0.15) is 18.2 Å². The second kappa shape index (κ2) is 9.60. The molecule has 7 heteroatoms. The lowest BCUT2D eigenvalue weighted by Crippen LogP contribution is -2.48. The first-order valence-corrected chi connectivity index (χ1v) is 10.8. The number of anilines is 2. The molecule has 1 saturated heterocycles. The van der Waals surface area contributed by atoms with Crippen LogP contribution in [0.15, 0.2) is 60.9 Å². The molecular weight excluding hydrogens is 402 g/mol. The van der Waals surface area contributed by atoms with Gasteiger partial charge in [-0.25, -0.2) is 4.98 Å². The van der Waals surface area contributed by atoms with Crippen molar-refractivity contribution >= 4 is 23.3 Å². The number of nitrogens with one attached hydrogen (secondary N) is 1. The van der Waals surface area contributed by atoms with Gasteiger partial charge in [0, 0.05) is 56.9 Å². The van der Waals surface area contributed by atoms with Crippen LogP contribution in [0.2, 0.25) is 0 Å². The molecule has 164 valence electrons. The van der Waals surface area contributed by atoms with Crippen molar-refractivity contribution in [2.45, 2.75) is 20.3 Å². The molecule has 2 amide bonds. The molecule has 2 aromatic heterocycles. The Morgan fingerprint density at radius 2 is 1.69 bits per heavy atom. The molecule has 3 aromatic rings. The van der Waals surface area contributed by atoms with Gasteiger partial charge in [-0.2, -0.15) is 0 Å². The number of rotatable bonds is 5. The molecule has 7 nitrogen and oxygen atoms in total. The lowest BCUT2D eigenvalue weighted by atomic mass is 10.1. The molecule has 0 bridgehead atoms. The number of piperazine rings is 1. The zero-order chi connectivity index (χ0) is 22.5. The average Bonchev–Trinajstić information content (AvgIpc) is 2.80. The van der Waals surface area contributed by atoms with E-state index in [4.69, 9.17) is 0 Å². The smallest absolute Gasteiger partial charge is 0.228 e. The largest absolute Gasteiger partial charge is 0.353 e. The first-order valence-electron chi connectivity index (χ1n) is 10.8. The Morgan fingerprint density at radius 1 is 0.938 bits per heavy atom. The predicted octanol–water partition coefficient (Wildman–Crippen LogP) is 3.30. The average molecular weight is 430 g/mol. The van der Waals surface area contributed by atoms with E-state index in [0.29, 0.717) is 13.1 Å². The molecule has 1 aliphatic heterocycles. The highest BCUT2D eigenvalue weighted by molar-refractivity contribution is 5.92. The molecular formula is C25H27N5O2. The highest BCUT2D eigenvalue weighted by Gasteiger charge is 2.19. The third-order valence-corrected chi connectivity index (χ3v) is 5.62. The Balaban J connectivity index is 1.31. The number of amides is 2. The molecule has 0 aliphatic carbocycles. The van der Waals surface area contributed by atoms with Crippen molar-refractivity contribution in [3.63, 3.8) is 0 Å². The summed E-state index contributed by atoms with van der Waals surface area (Å²) in [6.45, 7) is 6.52. The second-order valence-electron chi connectivity index (χ2n) is 8.01. The van der Waals surface area contributed by atoms with Crippen LogP contribution >= 0.6 is 0 Å². The van der Waals surface area contributed by atoms with Gasteiger partial charge in [0.15, 0.2) is 0 Å². The van der Waals surface area contributed by atoms with Crippen molar-refractivity contribution in [3.8, 4) is 11.1 Å². The number of carbonyl (C=O) groups is 2. The summed E-state index contributed by atoms with van der Waals surface area (Å²) in [6, 6.07) is 15.7. The number of nitrogens with zero attached hydrogens (tertiary/aromatic N) is 4. The molecule has 1 N–H and O–H groups in total. The number of aromatic nitrogens is 2. The van der Waals surface area contributed by atoms with Gasteiger partial charge in [0.1, 0.15) is 5.82 Å². The molecule has 1 fully saturated rings. The van der Waals surface area contributed by atoms with Gasteiger partial charge in [-0.3, -0.25) is 14.6 Å². The fourth-order valence-corrected chi connectivity index (χ4v) is 3.82. The van der Waals surface area contributed by atoms with Gasteiger partial charge in [-0.1, -0.05) is 18.2 Å². The third kappa shape index (κ3) is 5.29. The number of aryl methyl sites for hydroxylation is 1. The van der Waals surface area contributed by atoms with Crippen LogP contribution in [0, 0.1) is 6.92 Å². The Bertz CT molecular complexity index is 1090. The summed E-state index contributed by atoms with van der Waals surface area (Å²) in [6.07, 6.45) is 3.81. The van der Waals surface area contributed by atoms with Gasteiger partial charge in [0.25, 0.3) is 0 Å². The Morgan fingerprint density at radius 3 is 2.31 bits per heavy atom. The summed E-state index contributed by atoms with van der Waals surface area (Å²) < 4.78 is 0. The van der Waals surface area contributed by atoms with Crippen LogP contribution in [0.5, 0.6) is 0 Å². The minimum absolute atomic E-state index is 0.0814. The van der Waals surface area contributed by atoms with E-state index >= 15 is 0 Å². The van der Waals surface area contributed by atoms with Crippen molar-refractivity contribution in [2.24, 2.45) is 0 Å². The summed E-state index contributed by atoms with van der Waals surface area (Å²) in [4.78, 5) is 36.7. The van der Waals surface area contributed by atoms with E-state index in [1.165, 1.54) is 0 Å². The standard InChI is InChI=1S/C25H27N5O2/c1-18-15-22(9-10-26-18)21-4-6-23(7-5-21)28-25(32)16-20-3-8-24(27-17-20)30-13-11-29(12-14-30)19(2)31/h3-10,15,17H,11-14,16H2,1-2H3,(H,28,32). The number of pyridine rings is 2. The normalized spacial score (nSPS) is 13.7. The van der Waals surface area contributed by atoms with Gasteiger partial charge in [0.2, 0.25) is 11.8 Å². The minimum atomic E-state index is -0.0814. The SMILES string of the molecule is CC(=O)N1CCN(c2ccc(CC(=O)Nc3ccc(-c4ccnc(C)c4)cc3)cn2)CC1. The lowest BCUT2D eigenvalue weighted by molar-refractivity contribution is -0.129. The highest BCUT2D eigenvalue weighted by atomic mass is 16.2. The summed E-state index contributed by atoms with van der Waals surface area (Å²) in [7, 11) is 0. The summed E-state index contributed by atoms with van der Waals surface area (Å²) in [5.74, 6) is 0.905. The summed E-state index contributed by atoms with van der Waals surface area (Å²) in [5, 5.41) is 2.95. The number of hydrogen-bond donors (Lipinski definition) is 1. The van der Waals surface area contributed by atoms with Gasteiger partial charge in [-0.15, -0.1) is 0 Å². The van der Waals surface area contributed by atoms with E-state index in [2.05, 4.69) is 20.2 Å². The first kappa shape index (κ1) is 21.5. The monoisotopic (exact) mass is 429 g/mol. The molecule has 1 aliphatic rings. The van der Waals surface area contributed by atoms with Crippen LogP contribution in [-0.4, -0.2) is 52.9 Å². The Labute approximate surface area is 188 Å². The third-order valence-electron chi connectivity index (χ3n) is 5.62. The van der Waals surface area contributed by atoms with Gasteiger partial charge in [-0.05, 0) is 53.9 Å². The molecule has 0 radical (unpaired) electrons. The van der Waals surface area contributed by atoms with Gasteiger partial charge in [0.05, 0.1) is 6.42 Å². The molecule has 0 saturated carbocycles. The number of carbonyl (C=O) groups excluding carboxylic acids is 2. The number of benzene rings is 1. The summed E-state index contributed by atoms with van der Waals surface area (Å²) >= 11 is 0. The van der Waals surface area contributed by atoms with Crippen LogP contribution in [0.3, 0.4) is 0 Å². The molecule has 3 heterocycles. The lowest BCUT2D eigenvalue weighted by Gasteiger charge is -2.34. The number of hydrogen-bond acceptors (Lipinski definition) is 5. The molecule has 4 rings (SSSR count). The van der Waals surface area contributed by atoms with Crippen LogP contribution in [0.25, 0.3) is 11.1 Å². The van der Waals surface area contributed by atoms with Crippen LogP contribution in [-0.2, 0) is 16.0 Å². The van der Waals surface area contributed by atoms with E-state index in [-0.39, 0.29) is 18.2 Å². The van der Waals surface area contributed by atoms with E-state index in [9.17, 15) is 9.59 Å². The fourth-order valence-electron chi connectivity index (χ4n) is 3.82. The van der Waals surface area contributed by atoms with Crippen molar-refractivity contribution in [1.29, 1.82) is 0 Å². The summed E-state index contributed by atoms with van der Waals surface area (Å²) in [5.41, 5.74) is 4.77. The molecule has 1 aromatic carbocycles. The molecule has 0 unspecified atom stereocenters. The van der Waals surface area contributed by atoms with Crippen LogP contribution in [0.4, 0.5) is 11.5 Å². The van der Waals surface area contributed by atoms with Crippen molar-refractivity contribution < 1.29 is 9.59 Å². The van der Waals surface area contributed by atoms with E-state index < -0.39 is 0 Å². The zero-order valence-electron chi connectivity index (χ0n) is 18.4. The van der Waals surface area contributed by atoms with Crippen LogP contribution < -0.4 is 10.2 Å². The molecule has 0 atom stereocenters. The van der Waals surface area contributed by atoms with E-state index in [1.54, 1.807) is 19.3 Å². The Hall–Kier alpha value is -3.74. The first-order chi connectivity index (χ1) is 15.5. The highest BCUT2D eigenvalue weighted by Crippen LogP contribution is 2.22. The maximum atomic E-state index is 12.5. The second-order valence-corrected chi connectivity index (χ2v) is 8.01. The maximum absolute atomic E-state index is 12.5. The fraction of sp³-hybridized carbons (Fsp3) is 0.280. The predicted molar refractivity (Wildman–Crippen MR) is 125 cm³/mol. The molecule has 32 heavy (non-hydrogen) atoms. The van der Waals surface area contributed by atoms with Crippen molar-refractivity contribution in [2.75, 3.05) is 36.4 Å². The van der Waals surface area contributed by atoms with Crippen molar-refractivity contribution in [3.05, 3.63) is 72.2 Å². The van der Waals surface area contributed by atoms with Crippen molar-refractivity contribution in [1.82, 2.24) is 14.9 Å². The molecule has 0 spiro atoms. The van der Waals surface area contributed by atoms with Gasteiger partial charge >= 0.3 is 0 Å².